The van der Waals surface area contributed by atoms with Gasteiger partial charge in [0.25, 0.3) is 0 Å². The first-order valence-corrected chi connectivity index (χ1v) is 10.3. The lowest BCUT2D eigenvalue weighted by molar-refractivity contribution is -0.173. The van der Waals surface area contributed by atoms with E-state index in [0.29, 0.717) is 0 Å². The van der Waals surface area contributed by atoms with E-state index in [9.17, 15) is 18.0 Å². The third-order valence-electron chi connectivity index (χ3n) is 4.33. The maximum absolute atomic E-state index is 12.8. The van der Waals surface area contributed by atoms with Crippen LogP contribution >= 0.6 is 7.26 Å². The van der Waals surface area contributed by atoms with E-state index in [1.54, 1.807) is 0 Å². The fourth-order valence-corrected chi connectivity index (χ4v) is 6.93. The van der Waals surface area contributed by atoms with Crippen LogP contribution in [0, 0.1) is 0 Å². The smallest absolute Gasteiger partial charge is 0.471 e. The van der Waals surface area contributed by atoms with Gasteiger partial charge in [-0.2, -0.15) is 13.2 Å². The van der Waals surface area contributed by atoms with Crippen molar-refractivity contribution in [3.05, 3.63) is 91.0 Å². The zero-order valence-corrected chi connectivity index (χ0v) is 16.4. The Kier molecular flexibility index (Phi) is 7.22. The number of hydrogen-bond acceptors (Lipinski definition) is 1. The molecular formula is C21H18ClF3NOP. The van der Waals surface area contributed by atoms with Crippen LogP contribution < -0.4 is 33.6 Å². The molecule has 3 aromatic rings. The van der Waals surface area contributed by atoms with Gasteiger partial charge in [0.15, 0.2) is 0 Å². The largest absolute Gasteiger partial charge is 1.00 e. The molecule has 1 N–H and O–H groups in total. The molecule has 7 heteroatoms. The molecule has 3 aromatic carbocycles. The van der Waals surface area contributed by atoms with Crippen LogP contribution in [0.25, 0.3) is 0 Å². The van der Waals surface area contributed by atoms with E-state index in [1.165, 1.54) is 0 Å². The molecule has 0 aliphatic rings. The minimum absolute atomic E-state index is 0. The van der Waals surface area contributed by atoms with E-state index in [-0.39, 0.29) is 18.7 Å². The Morgan fingerprint density at radius 2 is 1.04 bits per heavy atom. The third-order valence-corrected chi connectivity index (χ3v) is 8.50. The Hall–Kier alpha value is -2.36. The molecule has 0 aliphatic carbocycles. The Morgan fingerprint density at radius 3 is 1.32 bits per heavy atom. The molecule has 2 nitrogen and oxygen atoms in total. The monoisotopic (exact) mass is 423 g/mol. The molecule has 0 bridgehead atoms. The maximum atomic E-state index is 12.8. The number of amides is 1. The molecule has 0 aromatic heterocycles. The Labute approximate surface area is 168 Å². The zero-order valence-electron chi connectivity index (χ0n) is 14.7. The van der Waals surface area contributed by atoms with Crippen molar-refractivity contribution in [2.24, 2.45) is 0 Å². The van der Waals surface area contributed by atoms with E-state index >= 15 is 0 Å². The average Bonchev–Trinajstić information content (AvgIpc) is 2.70. The summed E-state index contributed by atoms with van der Waals surface area (Å²) in [6, 6.07) is 28.2. The van der Waals surface area contributed by atoms with Gasteiger partial charge < -0.3 is 17.7 Å². The summed E-state index contributed by atoms with van der Waals surface area (Å²) in [4.78, 5) is 11.6. The number of rotatable bonds is 5. The molecule has 0 saturated heterocycles. The minimum Gasteiger partial charge on any atom is -1.00 e. The predicted molar refractivity (Wildman–Crippen MR) is 104 cm³/mol. The number of nitrogens with one attached hydrogen (secondary N) is 1. The fraction of sp³-hybridized carbons (Fsp3) is 0.0952. The van der Waals surface area contributed by atoms with Crippen molar-refractivity contribution in [3.63, 3.8) is 0 Å². The van der Waals surface area contributed by atoms with Crippen molar-refractivity contribution in [1.29, 1.82) is 0 Å². The van der Waals surface area contributed by atoms with Crippen molar-refractivity contribution >= 4 is 29.1 Å². The summed E-state index contributed by atoms with van der Waals surface area (Å²) >= 11 is 0. The highest BCUT2D eigenvalue weighted by molar-refractivity contribution is 7.95. The molecule has 0 saturated carbocycles. The van der Waals surface area contributed by atoms with Crippen molar-refractivity contribution in [3.8, 4) is 0 Å². The number of hydrogen-bond donors (Lipinski definition) is 1. The van der Waals surface area contributed by atoms with Crippen LogP contribution in [0.15, 0.2) is 91.0 Å². The number of alkyl halides is 3. The van der Waals surface area contributed by atoms with Gasteiger partial charge in [-0.3, -0.25) is 4.79 Å². The highest BCUT2D eigenvalue weighted by atomic mass is 35.5. The van der Waals surface area contributed by atoms with Crippen molar-refractivity contribution in [1.82, 2.24) is 5.32 Å². The van der Waals surface area contributed by atoms with Gasteiger partial charge in [0, 0.05) is 0 Å². The first-order chi connectivity index (χ1) is 12.9. The van der Waals surface area contributed by atoms with E-state index < -0.39 is 19.3 Å². The van der Waals surface area contributed by atoms with Gasteiger partial charge in [0.1, 0.15) is 29.5 Å². The van der Waals surface area contributed by atoms with E-state index in [2.05, 4.69) is 5.32 Å². The van der Waals surface area contributed by atoms with Crippen LogP contribution in [0.3, 0.4) is 0 Å². The molecule has 28 heavy (non-hydrogen) atoms. The van der Waals surface area contributed by atoms with Gasteiger partial charge in [-0.05, 0) is 36.4 Å². The summed E-state index contributed by atoms with van der Waals surface area (Å²) in [5.41, 5.74) is 0. The Morgan fingerprint density at radius 1 is 0.714 bits per heavy atom. The molecule has 0 unspecified atom stereocenters. The SMILES string of the molecule is O=C(NC[P+](c1ccccc1)(c1ccccc1)c1ccccc1)C(F)(F)F.[Cl-]. The van der Waals surface area contributed by atoms with Crippen molar-refractivity contribution in [2.45, 2.75) is 6.18 Å². The number of halogens is 4. The molecule has 0 aliphatic heterocycles. The van der Waals surface area contributed by atoms with Crippen LogP contribution in [-0.2, 0) is 4.79 Å². The van der Waals surface area contributed by atoms with Gasteiger partial charge in [-0.15, -0.1) is 0 Å². The molecule has 1 amide bonds. The second kappa shape index (κ2) is 9.22. The number of carbonyl (C=O) groups is 1. The van der Waals surface area contributed by atoms with Crippen LogP contribution in [-0.4, -0.2) is 18.4 Å². The average molecular weight is 424 g/mol. The summed E-state index contributed by atoms with van der Waals surface area (Å²) < 4.78 is 38.5. The predicted octanol–water partition coefficient (Wildman–Crippen LogP) is 0.621. The fourth-order valence-electron chi connectivity index (χ4n) is 3.06. The lowest BCUT2D eigenvalue weighted by Crippen LogP contribution is -3.00. The highest BCUT2D eigenvalue weighted by Crippen LogP contribution is 2.54. The molecule has 3 rings (SSSR count). The lowest BCUT2D eigenvalue weighted by atomic mass is 10.4. The summed E-state index contributed by atoms with van der Waals surface area (Å²) in [7, 11) is -2.51. The molecule has 146 valence electrons. The summed E-state index contributed by atoms with van der Waals surface area (Å²) in [5, 5.41) is 4.87. The second-order valence-corrected chi connectivity index (χ2v) is 9.46. The van der Waals surface area contributed by atoms with Crippen LogP contribution in [0.4, 0.5) is 13.2 Å². The van der Waals surface area contributed by atoms with Gasteiger partial charge in [0.2, 0.25) is 0 Å². The van der Waals surface area contributed by atoms with Crippen molar-refractivity contribution in [2.75, 3.05) is 6.29 Å². The summed E-state index contributed by atoms with van der Waals surface area (Å²) in [6.07, 6.45) is -5.02. The van der Waals surface area contributed by atoms with E-state index in [1.807, 2.05) is 91.0 Å². The Bertz CT molecular complexity index is 793. The standard InChI is InChI=1S/C21H17F3NOP.ClH/c22-21(23,24)20(26)25-16-27(17-10-4-1-5-11-17,18-12-6-2-7-13-18)19-14-8-3-9-15-19;/h1-15H,16H2;1H. The molecule has 0 heterocycles. The van der Waals surface area contributed by atoms with Crippen LogP contribution in [0.1, 0.15) is 0 Å². The normalized spacial score (nSPS) is 11.4. The summed E-state index contributed by atoms with van der Waals surface area (Å²) in [5.74, 6) is -1.92. The topological polar surface area (TPSA) is 29.1 Å². The number of benzene rings is 3. The first-order valence-electron chi connectivity index (χ1n) is 8.34. The minimum atomic E-state index is -4.92. The van der Waals surface area contributed by atoms with Gasteiger partial charge in [0.05, 0.1) is 0 Å². The van der Waals surface area contributed by atoms with Gasteiger partial charge in [-0.1, -0.05) is 54.6 Å². The third kappa shape index (κ3) is 4.54. The highest BCUT2D eigenvalue weighted by Gasteiger charge is 2.48. The molecule has 0 spiro atoms. The second-order valence-electron chi connectivity index (χ2n) is 5.98. The van der Waals surface area contributed by atoms with Crippen molar-refractivity contribution < 1.29 is 30.4 Å². The van der Waals surface area contributed by atoms with E-state index in [4.69, 9.17) is 0 Å². The maximum Gasteiger partial charge on any atom is 0.471 e. The number of carbonyl (C=O) groups excluding carboxylic acids is 1. The van der Waals surface area contributed by atoms with Gasteiger partial charge in [-0.25, -0.2) is 0 Å². The summed E-state index contributed by atoms with van der Waals surface area (Å²) in [6.45, 7) is 0. The Balaban J connectivity index is 0.00000280. The molecule has 0 atom stereocenters. The lowest BCUT2D eigenvalue weighted by Gasteiger charge is -2.27. The van der Waals surface area contributed by atoms with Crippen LogP contribution in [0.5, 0.6) is 0 Å². The molecular weight excluding hydrogens is 406 g/mol. The van der Waals surface area contributed by atoms with Gasteiger partial charge >= 0.3 is 12.1 Å². The molecule has 0 radical (unpaired) electrons. The zero-order chi connectivity index (χ0) is 19.3. The van der Waals surface area contributed by atoms with Crippen LogP contribution in [0.2, 0.25) is 0 Å². The molecule has 0 fully saturated rings. The first kappa shape index (κ1) is 21.9. The van der Waals surface area contributed by atoms with E-state index in [0.717, 1.165) is 15.9 Å². The quantitative estimate of drug-likeness (QED) is 0.599.